The van der Waals surface area contributed by atoms with E-state index in [1.165, 1.54) is 6.07 Å². The number of hydrogen-bond acceptors (Lipinski definition) is 3. The van der Waals surface area contributed by atoms with E-state index in [1.807, 2.05) is 6.92 Å². The van der Waals surface area contributed by atoms with Gasteiger partial charge in [0.1, 0.15) is 5.82 Å². The molecule has 20 heavy (non-hydrogen) atoms. The Kier molecular flexibility index (Phi) is 3.56. The number of benzene rings is 1. The van der Waals surface area contributed by atoms with Crippen molar-refractivity contribution in [2.75, 3.05) is 20.3 Å². The van der Waals surface area contributed by atoms with Crippen molar-refractivity contribution in [2.45, 2.75) is 43.9 Å². The van der Waals surface area contributed by atoms with Crippen LogP contribution in [0.25, 0.3) is 0 Å². The predicted octanol–water partition coefficient (Wildman–Crippen LogP) is 1.90. The molecule has 2 atom stereocenters. The van der Waals surface area contributed by atoms with Crippen LogP contribution < -0.4 is 0 Å². The molecular weight excluding hydrogens is 257 g/mol. The van der Waals surface area contributed by atoms with Crippen LogP contribution in [0.1, 0.15) is 24.0 Å². The fourth-order valence-electron chi connectivity index (χ4n) is 3.57. The summed E-state index contributed by atoms with van der Waals surface area (Å²) in [6.07, 6.45) is 1.91. The summed E-state index contributed by atoms with van der Waals surface area (Å²) in [6, 6.07) is 5.34. The zero-order valence-electron chi connectivity index (χ0n) is 12.1. The van der Waals surface area contributed by atoms with E-state index in [1.54, 1.807) is 12.1 Å². The first-order valence-electron chi connectivity index (χ1n) is 7.24. The van der Waals surface area contributed by atoms with Crippen molar-refractivity contribution in [3.05, 3.63) is 35.1 Å². The topological polar surface area (TPSA) is 32.7 Å². The Labute approximate surface area is 119 Å². The van der Waals surface area contributed by atoms with Crippen LogP contribution >= 0.6 is 0 Å². The smallest absolute Gasteiger partial charge is 0.123 e. The monoisotopic (exact) mass is 279 g/mol. The summed E-state index contributed by atoms with van der Waals surface area (Å²) in [7, 11) is 2.10. The molecule has 2 bridgehead atoms. The highest BCUT2D eigenvalue weighted by molar-refractivity contribution is 5.28. The summed E-state index contributed by atoms with van der Waals surface area (Å²) in [5, 5.41) is 11.0. The van der Waals surface area contributed by atoms with Gasteiger partial charge in [-0.1, -0.05) is 6.07 Å². The van der Waals surface area contributed by atoms with Crippen LogP contribution in [0.3, 0.4) is 0 Å². The quantitative estimate of drug-likeness (QED) is 0.897. The fourth-order valence-corrected chi connectivity index (χ4v) is 3.57. The largest absolute Gasteiger partial charge is 0.389 e. The molecule has 0 aromatic heterocycles. The molecule has 1 aromatic rings. The first kappa shape index (κ1) is 14.0. The highest BCUT2D eigenvalue weighted by atomic mass is 19.1. The molecule has 3 rings (SSSR count). The number of morpholine rings is 1. The molecule has 1 N–H and O–H groups in total. The lowest BCUT2D eigenvalue weighted by atomic mass is 9.77. The van der Waals surface area contributed by atoms with Crippen LogP contribution in [0.5, 0.6) is 0 Å². The van der Waals surface area contributed by atoms with Crippen LogP contribution in [0.4, 0.5) is 4.39 Å². The summed E-state index contributed by atoms with van der Waals surface area (Å²) < 4.78 is 19.0. The highest BCUT2D eigenvalue weighted by Gasteiger charge is 2.44. The van der Waals surface area contributed by atoms with Gasteiger partial charge in [0, 0.05) is 18.5 Å². The van der Waals surface area contributed by atoms with Crippen LogP contribution in [0.2, 0.25) is 0 Å². The molecule has 2 unspecified atom stereocenters. The third-order valence-electron chi connectivity index (χ3n) is 4.83. The van der Waals surface area contributed by atoms with Crippen LogP contribution in [-0.2, 0) is 11.2 Å². The van der Waals surface area contributed by atoms with Crippen LogP contribution in [0, 0.1) is 12.7 Å². The van der Waals surface area contributed by atoms with Gasteiger partial charge in [0.2, 0.25) is 0 Å². The van der Waals surface area contributed by atoms with E-state index >= 15 is 0 Å². The van der Waals surface area contributed by atoms with Gasteiger partial charge in [-0.2, -0.15) is 0 Å². The summed E-state index contributed by atoms with van der Waals surface area (Å²) in [5.41, 5.74) is 1.21. The van der Waals surface area contributed by atoms with Gasteiger partial charge in [0.05, 0.1) is 18.8 Å². The van der Waals surface area contributed by atoms with Gasteiger partial charge < -0.3 is 9.84 Å². The second-order valence-electron chi connectivity index (χ2n) is 6.39. The fraction of sp³-hybridized carbons (Fsp3) is 0.625. The van der Waals surface area contributed by atoms with Gasteiger partial charge in [-0.3, -0.25) is 4.90 Å². The molecule has 110 valence electrons. The second kappa shape index (κ2) is 5.10. The second-order valence-corrected chi connectivity index (χ2v) is 6.39. The van der Waals surface area contributed by atoms with Gasteiger partial charge in [-0.05, 0) is 50.1 Å². The average Bonchev–Trinajstić information content (AvgIpc) is 2.36. The van der Waals surface area contributed by atoms with Crippen molar-refractivity contribution in [1.29, 1.82) is 0 Å². The van der Waals surface area contributed by atoms with Gasteiger partial charge in [0.15, 0.2) is 0 Å². The predicted molar refractivity (Wildman–Crippen MR) is 75.2 cm³/mol. The molecular formula is C16H22FNO2. The number of halogens is 1. The molecule has 4 heteroatoms. The van der Waals surface area contributed by atoms with Gasteiger partial charge >= 0.3 is 0 Å². The van der Waals surface area contributed by atoms with Crippen molar-refractivity contribution in [3.63, 3.8) is 0 Å². The Hall–Kier alpha value is -0.970. The molecule has 0 amide bonds. The van der Waals surface area contributed by atoms with E-state index in [0.717, 1.165) is 11.1 Å². The van der Waals surface area contributed by atoms with Crippen molar-refractivity contribution in [3.8, 4) is 0 Å². The summed E-state index contributed by atoms with van der Waals surface area (Å²) in [5.74, 6) is -0.231. The van der Waals surface area contributed by atoms with E-state index in [0.29, 0.717) is 32.5 Å². The molecule has 0 radical (unpaired) electrons. The molecule has 2 aliphatic heterocycles. The Morgan fingerprint density at radius 3 is 2.65 bits per heavy atom. The molecule has 2 fully saturated rings. The van der Waals surface area contributed by atoms with Crippen LogP contribution in [0.15, 0.2) is 18.2 Å². The number of rotatable bonds is 2. The zero-order chi connectivity index (χ0) is 14.3. The third-order valence-corrected chi connectivity index (χ3v) is 4.83. The molecule has 3 nitrogen and oxygen atoms in total. The van der Waals surface area contributed by atoms with Crippen molar-refractivity contribution in [2.24, 2.45) is 0 Å². The number of likely N-dealkylation sites (N-methyl/N-ethyl adjacent to an activating group) is 1. The first-order valence-corrected chi connectivity index (χ1v) is 7.24. The van der Waals surface area contributed by atoms with Gasteiger partial charge in [0.25, 0.3) is 0 Å². The maximum atomic E-state index is 13.4. The number of aryl methyl sites for hydroxylation is 1. The number of piperidine rings is 1. The molecule has 2 heterocycles. The van der Waals surface area contributed by atoms with E-state index in [-0.39, 0.29) is 17.9 Å². The van der Waals surface area contributed by atoms with Crippen LogP contribution in [-0.4, -0.2) is 48.0 Å². The van der Waals surface area contributed by atoms with E-state index < -0.39 is 5.60 Å². The van der Waals surface area contributed by atoms with E-state index in [9.17, 15) is 9.50 Å². The molecule has 2 aliphatic rings. The number of ether oxygens (including phenoxy) is 1. The van der Waals surface area contributed by atoms with Crippen molar-refractivity contribution >= 4 is 0 Å². The number of aliphatic hydroxyl groups is 1. The standard InChI is InChI=1S/C16H22FNO2/c1-11-3-4-13(17)5-12(11)6-16(19)7-14-9-20-10-15(8-16)18(14)2/h3-5,14-15,19H,6-10H2,1-2H3. The van der Waals surface area contributed by atoms with Crippen molar-refractivity contribution < 1.29 is 14.2 Å². The summed E-state index contributed by atoms with van der Waals surface area (Å²) >= 11 is 0. The molecule has 1 aromatic carbocycles. The first-order chi connectivity index (χ1) is 9.47. The lowest BCUT2D eigenvalue weighted by Gasteiger charge is -2.50. The van der Waals surface area contributed by atoms with Gasteiger partial charge in [-0.25, -0.2) is 4.39 Å². The Bertz CT molecular complexity index is 491. The maximum Gasteiger partial charge on any atom is 0.123 e. The summed E-state index contributed by atoms with van der Waals surface area (Å²) in [4.78, 5) is 2.32. The van der Waals surface area contributed by atoms with Gasteiger partial charge in [-0.15, -0.1) is 0 Å². The Morgan fingerprint density at radius 2 is 2.00 bits per heavy atom. The summed E-state index contributed by atoms with van der Waals surface area (Å²) in [6.45, 7) is 3.33. The van der Waals surface area contributed by atoms with E-state index in [4.69, 9.17) is 4.74 Å². The minimum absolute atomic E-state index is 0.231. The highest BCUT2D eigenvalue weighted by Crippen LogP contribution is 2.36. The molecule has 0 aliphatic carbocycles. The molecule has 0 spiro atoms. The minimum atomic E-state index is -0.746. The Balaban J connectivity index is 1.81. The zero-order valence-corrected chi connectivity index (χ0v) is 12.1. The minimum Gasteiger partial charge on any atom is -0.389 e. The molecule has 0 saturated carbocycles. The average molecular weight is 279 g/mol. The number of fused-ring (bicyclic) bond motifs is 2. The maximum absolute atomic E-state index is 13.4. The lowest BCUT2D eigenvalue weighted by molar-refractivity contribution is -0.133. The third kappa shape index (κ3) is 2.60. The number of hydrogen-bond donors (Lipinski definition) is 1. The SMILES string of the molecule is Cc1ccc(F)cc1CC1(O)CC2COCC(C1)N2C. The number of nitrogens with zero attached hydrogens (tertiary/aromatic N) is 1. The Morgan fingerprint density at radius 1 is 1.35 bits per heavy atom. The van der Waals surface area contributed by atoms with E-state index in [2.05, 4.69) is 11.9 Å². The van der Waals surface area contributed by atoms with Crippen molar-refractivity contribution in [1.82, 2.24) is 4.90 Å². The normalized spacial score (nSPS) is 34.2. The lowest BCUT2D eigenvalue weighted by Crippen LogP contribution is -2.60. The molecule has 2 saturated heterocycles.